The molecular formula is C24H35N3O4S. The van der Waals surface area contributed by atoms with Gasteiger partial charge in [-0.05, 0) is 56.8 Å². The van der Waals surface area contributed by atoms with E-state index in [1.807, 2.05) is 6.07 Å². The van der Waals surface area contributed by atoms with E-state index in [2.05, 4.69) is 24.1 Å². The molecule has 0 bridgehead atoms. The van der Waals surface area contributed by atoms with Gasteiger partial charge in [-0.25, -0.2) is 0 Å². The monoisotopic (exact) mass is 461 g/mol. The molecule has 2 rings (SSSR count). The smallest absolute Gasteiger partial charge is 0.263 e. The maximum Gasteiger partial charge on any atom is 0.263 e. The molecule has 0 aliphatic carbocycles. The molecule has 1 heterocycles. The number of carbonyl (C=O) groups excluding carboxylic acids is 4. The molecular weight excluding hydrogens is 426 g/mol. The van der Waals surface area contributed by atoms with Crippen LogP contribution in [0.3, 0.4) is 0 Å². The second-order valence-corrected chi connectivity index (χ2v) is 9.00. The van der Waals surface area contributed by atoms with Crippen molar-refractivity contribution >= 4 is 35.8 Å². The lowest BCUT2D eigenvalue weighted by Crippen LogP contribution is -2.41. The number of imide groups is 1. The number of unbranched alkanes of at least 4 members (excludes halogenated alkanes) is 3. The molecule has 3 amide bonds. The number of nitrogens with zero attached hydrogens (tertiary/aromatic N) is 2. The molecule has 0 radical (unpaired) electrons. The lowest BCUT2D eigenvalue weighted by molar-refractivity contribution is -0.121. The van der Waals surface area contributed by atoms with Crippen LogP contribution in [0.5, 0.6) is 0 Å². The number of hydrogen-bond acceptors (Lipinski definition) is 6. The second-order valence-electron chi connectivity index (χ2n) is 7.86. The highest BCUT2D eigenvalue weighted by molar-refractivity contribution is 7.99. The molecule has 1 atom stereocenters. The summed E-state index contributed by atoms with van der Waals surface area (Å²) in [7, 11) is 1.51. The first kappa shape index (κ1) is 26.1. The molecule has 1 N–H and O–H groups in total. The van der Waals surface area contributed by atoms with Gasteiger partial charge < -0.3 is 15.0 Å². The summed E-state index contributed by atoms with van der Waals surface area (Å²) in [5.74, 6) is -0.266. The number of amides is 3. The molecule has 1 aliphatic heterocycles. The van der Waals surface area contributed by atoms with E-state index in [1.165, 1.54) is 19.9 Å². The van der Waals surface area contributed by atoms with E-state index in [9.17, 15) is 19.2 Å². The highest BCUT2D eigenvalue weighted by Gasteiger charge is 2.41. The number of thioether (sulfide) groups is 1. The third-order valence-electron chi connectivity index (χ3n) is 5.86. The Balaban J connectivity index is 1.93. The summed E-state index contributed by atoms with van der Waals surface area (Å²) in [5, 5.41) is 2.49. The maximum atomic E-state index is 13.1. The van der Waals surface area contributed by atoms with Crippen molar-refractivity contribution in [1.29, 1.82) is 0 Å². The van der Waals surface area contributed by atoms with Crippen molar-refractivity contribution in [2.45, 2.75) is 63.3 Å². The number of nitrogens with one attached hydrogen (secondary N) is 1. The Hall–Kier alpha value is -2.19. The van der Waals surface area contributed by atoms with Gasteiger partial charge >= 0.3 is 0 Å². The molecule has 32 heavy (non-hydrogen) atoms. The SMILES string of the molecule is CCN(CC)CCCCCCSc1cccc2c1C(=O)N(C(C=O)CCC(=O)NC)C2=O. The van der Waals surface area contributed by atoms with Crippen LogP contribution in [0.15, 0.2) is 23.1 Å². The zero-order valence-corrected chi connectivity index (χ0v) is 20.2. The quantitative estimate of drug-likeness (QED) is 0.187. The van der Waals surface area contributed by atoms with Crippen molar-refractivity contribution in [2.24, 2.45) is 0 Å². The average Bonchev–Trinajstić information content (AvgIpc) is 3.07. The molecule has 1 aromatic carbocycles. The van der Waals surface area contributed by atoms with Crippen LogP contribution in [0.1, 0.15) is 73.1 Å². The molecule has 0 aromatic heterocycles. The summed E-state index contributed by atoms with van der Waals surface area (Å²) < 4.78 is 0. The fourth-order valence-corrected chi connectivity index (χ4v) is 4.95. The van der Waals surface area contributed by atoms with Gasteiger partial charge in [-0.1, -0.05) is 32.8 Å². The van der Waals surface area contributed by atoms with Gasteiger partial charge in [0.05, 0.1) is 17.2 Å². The van der Waals surface area contributed by atoms with E-state index >= 15 is 0 Å². The highest BCUT2D eigenvalue weighted by atomic mass is 32.2. The molecule has 0 fully saturated rings. The van der Waals surface area contributed by atoms with Gasteiger partial charge in [0.1, 0.15) is 6.29 Å². The molecule has 1 aromatic rings. The van der Waals surface area contributed by atoms with Crippen LogP contribution in [0.2, 0.25) is 0 Å². The fourth-order valence-electron chi connectivity index (χ4n) is 3.87. The normalized spacial score (nSPS) is 14.1. The predicted molar refractivity (Wildman–Crippen MR) is 127 cm³/mol. The van der Waals surface area contributed by atoms with Gasteiger partial charge in [-0.2, -0.15) is 0 Å². The first-order valence-corrected chi connectivity index (χ1v) is 12.5. The Morgan fingerprint density at radius 2 is 1.84 bits per heavy atom. The summed E-state index contributed by atoms with van der Waals surface area (Å²) in [6, 6.07) is 4.33. The third-order valence-corrected chi connectivity index (χ3v) is 7.01. The Labute approximate surface area is 195 Å². The van der Waals surface area contributed by atoms with E-state index < -0.39 is 17.9 Å². The summed E-state index contributed by atoms with van der Waals surface area (Å²) in [6.45, 7) is 7.68. The number of benzene rings is 1. The maximum absolute atomic E-state index is 13.1. The van der Waals surface area contributed by atoms with E-state index in [0.717, 1.165) is 48.0 Å². The van der Waals surface area contributed by atoms with E-state index in [1.54, 1.807) is 23.9 Å². The van der Waals surface area contributed by atoms with Crippen molar-refractivity contribution in [1.82, 2.24) is 15.1 Å². The number of rotatable bonds is 15. The summed E-state index contributed by atoms with van der Waals surface area (Å²) in [6.07, 6.45) is 5.32. The molecule has 176 valence electrons. The zero-order valence-electron chi connectivity index (χ0n) is 19.4. The fraction of sp³-hybridized carbons (Fsp3) is 0.583. The lowest BCUT2D eigenvalue weighted by atomic mass is 10.1. The van der Waals surface area contributed by atoms with Crippen LogP contribution in [0.25, 0.3) is 0 Å². The Morgan fingerprint density at radius 1 is 1.12 bits per heavy atom. The van der Waals surface area contributed by atoms with Crippen LogP contribution < -0.4 is 5.32 Å². The third kappa shape index (κ3) is 6.65. The number of fused-ring (bicyclic) bond motifs is 1. The molecule has 0 saturated carbocycles. The minimum Gasteiger partial charge on any atom is -0.359 e. The topological polar surface area (TPSA) is 86.8 Å². The summed E-state index contributed by atoms with van der Waals surface area (Å²) in [4.78, 5) is 53.3. The number of carbonyl (C=O) groups is 4. The molecule has 0 saturated heterocycles. The van der Waals surface area contributed by atoms with Crippen LogP contribution in [0, 0.1) is 0 Å². The minimum absolute atomic E-state index is 0.0726. The van der Waals surface area contributed by atoms with Crippen LogP contribution >= 0.6 is 11.8 Å². The molecule has 0 spiro atoms. The predicted octanol–water partition coefficient (Wildman–Crippen LogP) is 3.37. The molecule has 1 unspecified atom stereocenters. The van der Waals surface area contributed by atoms with E-state index in [4.69, 9.17) is 0 Å². The first-order valence-electron chi connectivity index (χ1n) is 11.5. The van der Waals surface area contributed by atoms with Gasteiger partial charge in [-0.15, -0.1) is 11.8 Å². The number of aldehydes is 1. The average molecular weight is 462 g/mol. The van der Waals surface area contributed by atoms with Gasteiger partial charge in [0, 0.05) is 18.4 Å². The standard InChI is InChI=1S/C24H35N3O4S/c1-4-26(5-2)15-8-6-7-9-16-32-20-12-10-11-19-22(20)24(31)27(23(19)30)18(17-28)13-14-21(29)25-3/h10-12,17-18H,4-9,13-16H2,1-3H3,(H,25,29). The minimum atomic E-state index is -0.941. The van der Waals surface area contributed by atoms with Crippen molar-refractivity contribution in [3.8, 4) is 0 Å². The second kappa shape index (κ2) is 13.4. The highest BCUT2D eigenvalue weighted by Crippen LogP contribution is 2.34. The Kier molecular flexibility index (Phi) is 10.9. The zero-order chi connectivity index (χ0) is 23.5. The Bertz CT molecular complexity index is 810. The van der Waals surface area contributed by atoms with Crippen LogP contribution in [-0.4, -0.2) is 72.3 Å². The van der Waals surface area contributed by atoms with Gasteiger partial charge in [0.2, 0.25) is 5.91 Å². The first-order chi connectivity index (χ1) is 15.5. The van der Waals surface area contributed by atoms with Crippen LogP contribution in [-0.2, 0) is 9.59 Å². The lowest BCUT2D eigenvalue weighted by Gasteiger charge is -2.21. The summed E-state index contributed by atoms with van der Waals surface area (Å²) in [5.41, 5.74) is 0.724. The van der Waals surface area contributed by atoms with Crippen molar-refractivity contribution in [3.05, 3.63) is 29.3 Å². The van der Waals surface area contributed by atoms with Crippen LogP contribution in [0.4, 0.5) is 0 Å². The Morgan fingerprint density at radius 3 is 2.50 bits per heavy atom. The van der Waals surface area contributed by atoms with Crippen molar-refractivity contribution in [3.63, 3.8) is 0 Å². The van der Waals surface area contributed by atoms with Gasteiger partial charge in [-0.3, -0.25) is 19.3 Å². The van der Waals surface area contributed by atoms with Crippen molar-refractivity contribution in [2.75, 3.05) is 32.4 Å². The molecule has 8 heteroatoms. The van der Waals surface area contributed by atoms with Gasteiger partial charge in [0.25, 0.3) is 11.8 Å². The molecule has 7 nitrogen and oxygen atoms in total. The van der Waals surface area contributed by atoms with E-state index in [-0.39, 0.29) is 18.7 Å². The summed E-state index contributed by atoms with van der Waals surface area (Å²) >= 11 is 1.59. The van der Waals surface area contributed by atoms with E-state index in [0.29, 0.717) is 17.4 Å². The van der Waals surface area contributed by atoms with Crippen molar-refractivity contribution < 1.29 is 19.2 Å². The largest absolute Gasteiger partial charge is 0.359 e. The molecule has 1 aliphatic rings. The van der Waals surface area contributed by atoms with Gasteiger partial charge in [0.15, 0.2) is 0 Å². The number of hydrogen-bond donors (Lipinski definition) is 1.